The van der Waals surface area contributed by atoms with E-state index in [2.05, 4.69) is 5.32 Å². The van der Waals surface area contributed by atoms with E-state index >= 15 is 0 Å². The molecule has 0 radical (unpaired) electrons. The molecule has 1 unspecified atom stereocenters. The third-order valence-electron chi connectivity index (χ3n) is 5.35. The van der Waals surface area contributed by atoms with Gasteiger partial charge in [0, 0.05) is 32.7 Å². The molecular weight excluding hydrogens is 298 g/mol. The maximum absolute atomic E-state index is 12.4. The van der Waals surface area contributed by atoms with Crippen LogP contribution in [-0.4, -0.2) is 65.5 Å². The van der Waals surface area contributed by atoms with Gasteiger partial charge in [-0.05, 0) is 38.5 Å². The van der Waals surface area contributed by atoms with Crippen molar-refractivity contribution in [2.45, 2.75) is 38.5 Å². The molecule has 0 spiro atoms. The normalized spacial score (nSPS) is 26.0. The summed E-state index contributed by atoms with van der Waals surface area (Å²) in [6, 6.07) is 0.0456. The Morgan fingerprint density at radius 1 is 1.04 bits per heavy atom. The summed E-state index contributed by atoms with van der Waals surface area (Å²) < 4.78 is 0. The fourth-order valence-electron chi connectivity index (χ4n) is 3.49. The Morgan fingerprint density at radius 3 is 2.30 bits per heavy atom. The molecule has 2 N–H and O–H groups in total. The molecule has 23 heavy (non-hydrogen) atoms. The highest BCUT2D eigenvalue weighted by molar-refractivity contribution is 5.83. The number of amides is 3. The van der Waals surface area contributed by atoms with Crippen molar-refractivity contribution >= 4 is 17.9 Å². The van der Waals surface area contributed by atoms with Crippen LogP contribution in [0.4, 0.5) is 4.79 Å². The number of carbonyl (C=O) groups is 3. The number of piperidine rings is 1. The number of nitrogens with zero attached hydrogens (tertiary/aromatic N) is 2. The first-order valence-corrected chi connectivity index (χ1v) is 8.57. The molecule has 3 amide bonds. The molecule has 1 aliphatic carbocycles. The Balaban J connectivity index is 1.50. The maximum Gasteiger partial charge on any atom is 0.320 e. The van der Waals surface area contributed by atoms with Gasteiger partial charge in [0.25, 0.3) is 0 Å². The summed E-state index contributed by atoms with van der Waals surface area (Å²) in [5, 5.41) is 11.9. The monoisotopic (exact) mass is 323 g/mol. The summed E-state index contributed by atoms with van der Waals surface area (Å²) in [5.74, 6) is -1.16. The maximum atomic E-state index is 12.4. The third-order valence-corrected chi connectivity index (χ3v) is 5.35. The second kappa shape index (κ2) is 6.37. The number of carbonyl (C=O) groups excluding carboxylic acids is 2. The predicted octanol–water partition coefficient (Wildman–Crippen LogP) is 0.895. The molecule has 7 nitrogen and oxygen atoms in total. The van der Waals surface area contributed by atoms with E-state index in [0.29, 0.717) is 25.9 Å². The van der Waals surface area contributed by atoms with Crippen molar-refractivity contribution in [3.8, 4) is 0 Å². The molecule has 1 atom stereocenters. The molecule has 3 fully saturated rings. The lowest BCUT2D eigenvalue weighted by atomic mass is 9.97. The van der Waals surface area contributed by atoms with Gasteiger partial charge in [0.05, 0.1) is 11.3 Å². The van der Waals surface area contributed by atoms with Crippen LogP contribution in [0, 0.1) is 11.3 Å². The SMILES string of the molecule is O=C(NCC1(C(=O)O)CC1)C1CCCN(C(=O)N2CCCC2)C1. The second-order valence-corrected chi connectivity index (χ2v) is 7.07. The van der Waals surface area contributed by atoms with E-state index in [4.69, 9.17) is 5.11 Å². The van der Waals surface area contributed by atoms with Crippen molar-refractivity contribution < 1.29 is 19.5 Å². The van der Waals surface area contributed by atoms with Gasteiger partial charge in [0.2, 0.25) is 5.91 Å². The smallest absolute Gasteiger partial charge is 0.320 e. The highest BCUT2D eigenvalue weighted by Gasteiger charge is 2.50. The summed E-state index contributed by atoms with van der Waals surface area (Å²) in [6.07, 6.45) is 4.96. The van der Waals surface area contributed by atoms with Crippen LogP contribution < -0.4 is 5.32 Å². The number of nitrogens with one attached hydrogen (secondary N) is 1. The molecule has 128 valence electrons. The Hall–Kier alpha value is -1.79. The Bertz CT molecular complexity index is 498. The molecular formula is C16H25N3O4. The van der Waals surface area contributed by atoms with Crippen molar-refractivity contribution in [3.05, 3.63) is 0 Å². The van der Waals surface area contributed by atoms with Gasteiger partial charge in [-0.2, -0.15) is 0 Å². The molecule has 0 aromatic rings. The van der Waals surface area contributed by atoms with Crippen molar-refractivity contribution in [1.82, 2.24) is 15.1 Å². The van der Waals surface area contributed by atoms with E-state index in [1.807, 2.05) is 4.90 Å². The van der Waals surface area contributed by atoms with E-state index < -0.39 is 11.4 Å². The average molecular weight is 323 g/mol. The number of urea groups is 1. The highest BCUT2D eigenvalue weighted by atomic mass is 16.4. The lowest BCUT2D eigenvalue weighted by Crippen LogP contribution is -2.50. The molecule has 0 aromatic heterocycles. The van der Waals surface area contributed by atoms with E-state index in [-0.39, 0.29) is 24.4 Å². The second-order valence-electron chi connectivity index (χ2n) is 7.07. The predicted molar refractivity (Wildman–Crippen MR) is 82.8 cm³/mol. The molecule has 0 bridgehead atoms. The minimum Gasteiger partial charge on any atom is -0.481 e. The van der Waals surface area contributed by atoms with Gasteiger partial charge in [0.15, 0.2) is 0 Å². The first-order valence-electron chi connectivity index (χ1n) is 8.57. The van der Waals surface area contributed by atoms with Crippen LogP contribution in [0.2, 0.25) is 0 Å². The lowest BCUT2D eigenvalue weighted by molar-refractivity contribution is -0.143. The minimum atomic E-state index is -0.827. The van der Waals surface area contributed by atoms with Gasteiger partial charge in [-0.3, -0.25) is 9.59 Å². The highest BCUT2D eigenvalue weighted by Crippen LogP contribution is 2.45. The summed E-state index contributed by atoms with van der Waals surface area (Å²) >= 11 is 0. The quantitative estimate of drug-likeness (QED) is 0.804. The summed E-state index contributed by atoms with van der Waals surface area (Å²) in [7, 11) is 0. The van der Waals surface area contributed by atoms with Crippen molar-refractivity contribution in [2.24, 2.45) is 11.3 Å². The molecule has 2 heterocycles. The first kappa shape index (κ1) is 16.1. The summed E-state index contributed by atoms with van der Waals surface area (Å²) in [5.41, 5.74) is -0.741. The molecule has 0 aromatic carbocycles. The van der Waals surface area contributed by atoms with E-state index in [0.717, 1.165) is 38.8 Å². The van der Waals surface area contributed by atoms with Crippen LogP contribution in [0.3, 0.4) is 0 Å². The zero-order valence-corrected chi connectivity index (χ0v) is 13.4. The van der Waals surface area contributed by atoms with Gasteiger partial charge in [-0.25, -0.2) is 4.79 Å². The van der Waals surface area contributed by atoms with E-state index in [1.54, 1.807) is 4.90 Å². The summed E-state index contributed by atoms with van der Waals surface area (Å²) in [4.78, 5) is 39.6. The van der Waals surface area contributed by atoms with Gasteiger partial charge < -0.3 is 20.2 Å². The number of carboxylic acids is 1. The van der Waals surface area contributed by atoms with Gasteiger partial charge >= 0.3 is 12.0 Å². The molecule has 7 heteroatoms. The van der Waals surface area contributed by atoms with Crippen LogP contribution in [0.5, 0.6) is 0 Å². The van der Waals surface area contributed by atoms with Crippen molar-refractivity contribution in [2.75, 3.05) is 32.7 Å². The van der Waals surface area contributed by atoms with Crippen LogP contribution in [-0.2, 0) is 9.59 Å². The van der Waals surface area contributed by atoms with Crippen LogP contribution in [0.1, 0.15) is 38.5 Å². The zero-order chi connectivity index (χ0) is 16.4. The number of rotatable bonds is 4. The molecule has 3 rings (SSSR count). The fraction of sp³-hybridized carbons (Fsp3) is 0.812. The first-order chi connectivity index (χ1) is 11.0. The van der Waals surface area contributed by atoms with Gasteiger partial charge in [0.1, 0.15) is 0 Å². The van der Waals surface area contributed by atoms with Crippen LogP contribution in [0.25, 0.3) is 0 Å². The zero-order valence-electron chi connectivity index (χ0n) is 13.4. The lowest BCUT2D eigenvalue weighted by Gasteiger charge is -2.34. The van der Waals surface area contributed by atoms with E-state index in [9.17, 15) is 14.4 Å². The number of carboxylic acid groups (broad SMARTS) is 1. The number of hydrogen-bond donors (Lipinski definition) is 2. The third kappa shape index (κ3) is 3.43. The number of likely N-dealkylation sites (tertiary alicyclic amines) is 2. The molecule has 3 aliphatic rings. The molecule has 2 aliphatic heterocycles. The van der Waals surface area contributed by atoms with Crippen molar-refractivity contribution in [1.29, 1.82) is 0 Å². The van der Waals surface area contributed by atoms with Gasteiger partial charge in [-0.15, -0.1) is 0 Å². The van der Waals surface area contributed by atoms with Gasteiger partial charge in [-0.1, -0.05) is 0 Å². The standard InChI is InChI=1S/C16H25N3O4/c20-13(17-11-16(5-6-16)14(21)22)12-4-3-9-19(10-12)15(23)18-7-1-2-8-18/h12H,1-11H2,(H,17,20)(H,21,22). The molecule has 2 saturated heterocycles. The largest absolute Gasteiger partial charge is 0.481 e. The Morgan fingerprint density at radius 2 is 1.70 bits per heavy atom. The summed E-state index contributed by atoms with van der Waals surface area (Å²) in [6.45, 7) is 2.98. The fourth-order valence-corrected chi connectivity index (χ4v) is 3.49. The number of hydrogen-bond acceptors (Lipinski definition) is 3. The molecule has 1 saturated carbocycles. The van der Waals surface area contributed by atoms with Crippen molar-refractivity contribution in [3.63, 3.8) is 0 Å². The topological polar surface area (TPSA) is 90.0 Å². The average Bonchev–Trinajstić information content (AvgIpc) is 3.17. The Labute approximate surface area is 136 Å². The van der Waals surface area contributed by atoms with E-state index in [1.165, 1.54) is 0 Å². The van der Waals surface area contributed by atoms with Crippen LogP contribution >= 0.6 is 0 Å². The number of aliphatic carboxylic acids is 1. The minimum absolute atomic E-state index is 0.0456. The van der Waals surface area contributed by atoms with Crippen LogP contribution in [0.15, 0.2) is 0 Å². The Kier molecular flexibility index (Phi) is 4.46.